The third kappa shape index (κ3) is 2.99. The van der Waals surface area contributed by atoms with Gasteiger partial charge in [0.25, 0.3) is 0 Å². The lowest BCUT2D eigenvalue weighted by Gasteiger charge is -2.38. The lowest BCUT2D eigenvalue weighted by molar-refractivity contribution is 0.327. The van der Waals surface area contributed by atoms with Gasteiger partial charge in [-0.1, -0.05) is 0 Å². The molecule has 2 rings (SSSR count). The van der Waals surface area contributed by atoms with Gasteiger partial charge in [0, 0.05) is 25.3 Å². The predicted molar refractivity (Wildman–Crippen MR) is 72.5 cm³/mol. The van der Waals surface area contributed by atoms with Gasteiger partial charge in [0.2, 0.25) is 0 Å². The Kier molecular flexibility index (Phi) is 4.16. The van der Waals surface area contributed by atoms with Gasteiger partial charge < -0.3 is 9.80 Å². The number of pyridine rings is 1. The zero-order valence-electron chi connectivity index (χ0n) is 11.1. The second-order valence-corrected chi connectivity index (χ2v) is 5.12. The SMILES string of the molecule is CN(C)CC1CCCCN1c1ccc(C#N)cn1. The van der Waals surface area contributed by atoms with Gasteiger partial charge in [-0.05, 0) is 45.5 Å². The van der Waals surface area contributed by atoms with Crippen molar-refractivity contribution in [1.29, 1.82) is 5.26 Å². The summed E-state index contributed by atoms with van der Waals surface area (Å²) in [6, 6.07) is 6.46. The Morgan fingerprint density at radius 1 is 1.44 bits per heavy atom. The molecule has 1 fully saturated rings. The van der Waals surface area contributed by atoms with Crippen LogP contribution in [-0.2, 0) is 0 Å². The summed E-state index contributed by atoms with van der Waals surface area (Å²) in [6.07, 6.45) is 5.41. The quantitative estimate of drug-likeness (QED) is 0.814. The summed E-state index contributed by atoms with van der Waals surface area (Å²) in [5.74, 6) is 1.00. The molecular formula is C14H20N4. The lowest BCUT2D eigenvalue weighted by Crippen LogP contribution is -2.45. The molecule has 0 bridgehead atoms. The number of hydrogen-bond acceptors (Lipinski definition) is 4. The van der Waals surface area contributed by atoms with Gasteiger partial charge in [0.1, 0.15) is 11.9 Å². The molecule has 1 unspecified atom stereocenters. The zero-order chi connectivity index (χ0) is 13.0. The largest absolute Gasteiger partial charge is 0.352 e. The number of nitrogens with zero attached hydrogens (tertiary/aromatic N) is 4. The molecule has 0 aliphatic carbocycles. The van der Waals surface area contributed by atoms with E-state index >= 15 is 0 Å². The Hall–Kier alpha value is -1.60. The van der Waals surface area contributed by atoms with E-state index in [-0.39, 0.29) is 0 Å². The highest BCUT2D eigenvalue weighted by Crippen LogP contribution is 2.23. The summed E-state index contributed by atoms with van der Waals surface area (Å²) >= 11 is 0. The van der Waals surface area contributed by atoms with Crippen molar-refractivity contribution in [3.63, 3.8) is 0 Å². The first-order chi connectivity index (χ1) is 8.70. The number of anilines is 1. The van der Waals surface area contributed by atoms with Gasteiger partial charge in [0.05, 0.1) is 5.56 Å². The Labute approximate surface area is 109 Å². The van der Waals surface area contributed by atoms with Crippen molar-refractivity contribution in [2.75, 3.05) is 32.1 Å². The fourth-order valence-electron chi connectivity index (χ4n) is 2.54. The molecule has 1 atom stereocenters. The molecule has 0 saturated carbocycles. The molecule has 4 heteroatoms. The predicted octanol–water partition coefficient (Wildman–Crippen LogP) is 1.87. The van der Waals surface area contributed by atoms with Crippen molar-refractivity contribution in [2.24, 2.45) is 0 Å². The molecule has 0 aromatic carbocycles. The topological polar surface area (TPSA) is 43.2 Å². The van der Waals surface area contributed by atoms with Crippen molar-refractivity contribution < 1.29 is 0 Å². The van der Waals surface area contributed by atoms with Crippen LogP contribution in [0.3, 0.4) is 0 Å². The van der Waals surface area contributed by atoms with Crippen molar-refractivity contribution in [1.82, 2.24) is 9.88 Å². The van der Waals surface area contributed by atoms with E-state index in [0.29, 0.717) is 11.6 Å². The summed E-state index contributed by atoms with van der Waals surface area (Å²) in [5.41, 5.74) is 0.625. The van der Waals surface area contributed by atoms with Crippen LogP contribution in [0.25, 0.3) is 0 Å². The molecule has 0 N–H and O–H groups in total. The number of likely N-dealkylation sites (N-methyl/N-ethyl adjacent to an activating group) is 1. The molecule has 0 radical (unpaired) electrons. The van der Waals surface area contributed by atoms with E-state index in [9.17, 15) is 0 Å². The first-order valence-electron chi connectivity index (χ1n) is 6.48. The van der Waals surface area contributed by atoms with Gasteiger partial charge >= 0.3 is 0 Å². The number of rotatable bonds is 3. The fourth-order valence-corrected chi connectivity index (χ4v) is 2.54. The van der Waals surface area contributed by atoms with Crippen molar-refractivity contribution in [3.8, 4) is 6.07 Å². The van der Waals surface area contributed by atoms with E-state index in [0.717, 1.165) is 18.9 Å². The van der Waals surface area contributed by atoms with Crippen LogP contribution in [-0.4, -0.2) is 43.1 Å². The van der Waals surface area contributed by atoms with Crippen LogP contribution in [0.2, 0.25) is 0 Å². The summed E-state index contributed by atoms with van der Waals surface area (Å²) in [7, 11) is 4.22. The van der Waals surface area contributed by atoms with E-state index in [4.69, 9.17) is 5.26 Å². The minimum absolute atomic E-state index is 0.536. The summed E-state index contributed by atoms with van der Waals surface area (Å²) in [4.78, 5) is 9.02. The number of nitriles is 1. The van der Waals surface area contributed by atoms with Crippen LogP contribution in [0, 0.1) is 11.3 Å². The Balaban J connectivity index is 2.14. The zero-order valence-corrected chi connectivity index (χ0v) is 11.1. The summed E-state index contributed by atoms with van der Waals surface area (Å²) in [5, 5.41) is 8.80. The lowest BCUT2D eigenvalue weighted by atomic mass is 10.0. The molecule has 2 heterocycles. The number of piperidine rings is 1. The van der Waals surface area contributed by atoms with E-state index in [2.05, 4.69) is 34.9 Å². The highest BCUT2D eigenvalue weighted by Gasteiger charge is 2.23. The van der Waals surface area contributed by atoms with Crippen LogP contribution in [0.1, 0.15) is 24.8 Å². The van der Waals surface area contributed by atoms with Gasteiger partial charge in [-0.25, -0.2) is 4.98 Å². The van der Waals surface area contributed by atoms with Crippen LogP contribution >= 0.6 is 0 Å². The standard InChI is InChI=1S/C14H20N4/c1-17(2)11-13-5-3-4-8-18(13)14-7-6-12(9-15)10-16-14/h6-7,10,13H,3-5,8,11H2,1-2H3. The van der Waals surface area contributed by atoms with Crippen LogP contribution in [0.5, 0.6) is 0 Å². The first-order valence-corrected chi connectivity index (χ1v) is 6.48. The van der Waals surface area contributed by atoms with Gasteiger partial charge in [0.15, 0.2) is 0 Å². The fraction of sp³-hybridized carbons (Fsp3) is 0.571. The highest BCUT2D eigenvalue weighted by atomic mass is 15.2. The number of aromatic nitrogens is 1. The molecule has 4 nitrogen and oxygen atoms in total. The molecule has 1 aliphatic heterocycles. The first kappa shape index (κ1) is 12.8. The monoisotopic (exact) mass is 244 g/mol. The van der Waals surface area contributed by atoms with Crippen LogP contribution in [0.4, 0.5) is 5.82 Å². The molecule has 0 amide bonds. The average molecular weight is 244 g/mol. The molecule has 96 valence electrons. The molecule has 0 spiro atoms. The summed E-state index contributed by atoms with van der Waals surface area (Å²) < 4.78 is 0. The maximum absolute atomic E-state index is 8.80. The maximum atomic E-state index is 8.80. The maximum Gasteiger partial charge on any atom is 0.128 e. The normalized spacial score (nSPS) is 19.9. The molecule has 1 aromatic rings. The smallest absolute Gasteiger partial charge is 0.128 e. The van der Waals surface area contributed by atoms with Gasteiger partial charge in [-0.2, -0.15) is 5.26 Å². The van der Waals surface area contributed by atoms with Crippen molar-refractivity contribution in [2.45, 2.75) is 25.3 Å². The third-order valence-electron chi connectivity index (χ3n) is 3.37. The third-order valence-corrected chi connectivity index (χ3v) is 3.37. The van der Waals surface area contributed by atoms with E-state index < -0.39 is 0 Å². The second-order valence-electron chi connectivity index (χ2n) is 5.12. The minimum atomic E-state index is 0.536. The Bertz CT molecular complexity index is 418. The Morgan fingerprint density at radius 3 is 2.89 bits per heavy atom. The Morgan fingerprint density at radius 2 is 2.28 bits per heavy atom. The average Bonchev–Trinajstić information content (AvgIpc) is 2.39. The molecule has 1 saturated heterocycles. The van der Waals surface area contributed by atoms with E-state index in [1.807, 2.05) is 12.1 Å². The second kappa shape index (κ2) is 5.83. The molecule has 18 heavy (non-hydrogen) atoms. The van der Waals surface area contributed by atoms with Crippen molar-refractivity contribution >= 4 is 5.82 Å². The molecule has 1 aromatic heterocycles. The van der Waals surface area contributed by atoms with E-state index in [1.54, 1.807) is 6.20 Å². The molecular weight excluding hydrogens is 224 g/mol. The minimum Gasteiger partial charge on any atom is -0.352 e. The number of hydrogen-bond donors (Lipinski definition) is 0. The highest BCUT2D eigenvalue weighted by molar-refractivity contribution is 5.43. The van der Waals surface area contributed by atoms with Gasteiger partial charge in [-0.15, -0.1) is 0 Å². The van der Waals surface area contributed by atoms with Crippen LogP contribution < -0.4 is 4.90 Å². The summed E-state index contributed by atoms with van der Waals surface area (Å²) in [6.45, 7) is 2.12. The van der Waals surface area contributed by atoms with Crippen LogP contribution in [0.15, 0.2) is 18.3 Å². The van der Waals surface area contributed by atoms with E-state index in [1.165, 1.54) is 19.3 Å². The van der Waals surface area contributed by atoms with Crippen molar-refractivity contribution in [3.05, 3.63) is 23.9 Å². The van der Waals surface area contributed by atoms with Gasteiger partial charge in [-0.3, -0.25) is 0 Å². The molecule has 1 aliphatic rings.